The molecule has 0 unspecified atom stereocenters. The first-order chi connectivity index (χ1) is 16.2. The van der Waals surface area contributed by atoms with E-state index in [4.69, 9.17) is 0 Å². The van der Waals surface area contributed by atoms with Gasteiger partial charge in [0, 0.05) is 61.2 Å². The summed E-state index contributed by atoms with van der Waals surface area (Å²) in [6.07, 6.45) is 1.48. The summed E-state index contributed by atoms with van der Waals surface area (Å²) in [7, 11) is 0. The fraction of sp³-hybridized carbons (Fsp3) is 0.185. The van der Waals surface area contributed by atoms with Gasteiger partial charge < -0.3 is 15.2 Å². The molecular weight excluding hydrogens is 412 g/mol. The summed E-state index contributed by atoms with van der Waals surface area (Å²) in [6.45, 7) is 4.93. The molecule has 1 fully saturated rings. The molecule has 1 aliphatic heterocycles. The molecule has 1 amide bonds. The first-order valence-electron chi connectivity index (χ1n) is 11.2. The number of carbonyl (C=O) groups is 1. The van der Waals surface area contributed by atoms with Crippen LogP contribution in [0.5, 0.6) is 0 Å². The van der Waals surface area contributed by atoms with Crippen molar-refractivity contribution >= 4 is 28.2 Å². The highest BCUT2D eigenvalue weighted by atomic mass is 16.2. The SMILES string of the molecule is O=C(Nc1ccc(N2CCN(Cc3ccccc3)CC2)cc1)c1c[nH]c2ccccc2c1=O. The van der Waals surface area contributed by atoms with Crippen molar-refractivity contribution in [2.75, 3.05) is 36.4 Å². The lowest BCUT2D eigenvalue weighted by Crippen LogP contribution is -2.45. The van der Waals surface area contributed by atoms with Crippen LogP contribution in [0.3, 0.4) is 0 Å². The summed E-state index contributed by atoms with van der Waals surface area (Å²) >= 11 is 0. The van der Waals surface area contributed by atoms with Crippen molar-refractivity contribution in [3.63, 3.8) is 0 Å². The van der Waals surface area contributed by atoms with Gasteiger partial charge in [-0.15, -0.1) is 0 Å². The van der Waals surface area contributed by atoms with Gasteiger partial charge in [-0.2, -0.15) is 0 Å². The van der Waals surface area contributed by atoms with Crippen LogP contribution < -0.4 is 15.6 Å². The first-order valence-corrected chi connectivity index (χ1v) is 11.2. The molecule has 0 saturated carbocycles. The van der Waals surface area contributed by atoms with Gasteiger partial charge >= 0.3 is 0 Å². The Kier molecular flexibility index (Phi) is 5.91. The van der Waals surface area contributed by atoms with Crippen LogP contribution in [0, 0.1) is 0 Å². The number of nitrogens with zero attached hydrogens (tertiary/aromatic N) is 2. The number of para-hydroxylation sites is 1. The van der Waals surface area contributed by atoms with E-state index in [0.717, 1.165) is 38.4 Å². The number of aromatic nitrogens is 1. The Morgan fingerprint density at radius 3 is 2.30 bits per heavy atom. The number of piperazine rings is 1. The second-order valence-electron chi connectivity index (χ2n) is 8.33. The molecule has 4 aromatic rings. The summed E-state index contributed by atoms with van der Waals surface area (Å²) in [5, 5.41) is 3.35. The van der Waals surface area contributed by atoms with Crippen LogP contribution in [-0.2, 0) is 6.54 Å². The van der Waals surface area contributed by atoms with Crippen molar-refractivity contribution in [1.29, 1.82) is 0 Å². The van der Waals surface area contributed by atoms with Gasteiger partial charge in [-0.1, -0.05) is 42.5 Å². The Labute approximate surface area is 192 Å². The number of carbonyl (C=O) groups excluding carboxylic acids is 1. The standard InChI is InChI=1S/C27H26N4O2/c32-26-23-8-4-5-9-25(23)28-18-24(26)27(33)29-21-10-12-22(13-11-21)31-16-14-30(15-17-31)19-20-6-2-1-3-7-20/h1-13,18H,14-17,19H2,(H,28,32)(H,29,33). The average Bonchev–Trinajstić information content (AvgIpc) is 2.86. The number of rotatable bonds is 5. The zero-order chi connectivity index (χ0) is 22.6. The Morgan fingerprint density at radius 1 is 0.848 bits per heavy atom. The van der Waals surface area contributed by atoms with Crippen LogP contribution >= 0.6 is 0 Å². The molecule has 6 nitrogen and oxygen atoms in total. The first kappa shape index (κ1) is 21.0. The molecule has 6 heteroatoms. The second-order valence-corrected chi connectivity index (χ2v) is 8.33. The molecule has 166 valence electrons. The number of pyridine rings is 1. The average molecular weight is 439 g/mol. The van der Waals surface area contributed by atoms with Gasteiger partial charge in [-0.3, -0.25) is 14.5 Å². The molecule has 0 spiro atoms. The Morgan fingerprint density at radius 2 is 1.55 bits per heavy atom. The van der Waals surface area contributed by atoms with Gasteiger partial charge in [-0.25, -0.2) is 0 Å². The van der Waals surface area contributed by atoms with Crippen molar-refractivity contribution in [3.05, 3.63) is 106 Å². The Balaban J connectivity index is 1.20. The highest BCUT2D eigenvalue weighted by Crippen LogP contribution is 2.20. The summed E-state index contributed by atoms with van der Waals surface area (Å²) in [5.41, 5.74) is 3.69. The van der Waals surface area contributed by atoms with Crippen LogP contribution in [0.25, 0.3) is 10.9 Å². The Bertz CT molecular complexity index is 1310. The third-order valence-corrected chi connectivity index (χ3v) is 6.14. The van der Waals surface area contributed by atoms with Crippen molar-refractivity contribution in [2.45, 2.75) is 6.54 Å². The zero-order valence-electron chi connectivity index (χ0n) is 18.3. The molecule has 0 atom stereocenters. The fourth-order valence-corrected chi connectivity index (χ4v) is 4.30. The molecule has 1 aromatic heterocycles. The van der Waals surface area contributed by atoms with Gasteiger partial charge in [-0.05, 0) is 42.0 Å². The number of benzene rings is 3. The number of nitrogens with one attached hydrogen (secondary N) is 2. The fourth-order valence-electron chi connectivity index (χ4n) is 4.30. The van der Waals surface area contributed by atoms with E-state index in [9.17, 15) is 9.59 Å². The van der Waals surface area contributed by atoms with E-state index in [1.165, 1.54) is 11.8 Å². The molecule has 0 bridgehead atoms. The monoisotopic (exact) mass is 438 g/mol. The van der Waals surface area contributed by atoms with Crippen LogP contribution in [0.4, 0.5) is 11.4 Å². The van der Waals surface area contributed by atoms with Gasteiger partial charge in [0.05, 0.1) is 0 Å². The molecule has 3 aromatic carbocycles. The molecular formula is C27H26N4O2. The number of amides is 1. The third-order valence-electron chi connectivity index (χ3n) is 6.14. The molecule has 0 radical (unpaired) electrons. The Hall–Kier alpha value is -3.90. The van der Waals surface area contributed by atoms with Crippen LogP contribution in [0.1, 0.15) is 15.9 Å². The molecule has 33 heavy (non-hydrogen) atoms. The van der Waals surface area contributed by atoms with E-state index >= 15 is 0 Å². The zero-order valence-corrected chi connectivity index (χ0v) is 18.3. The van der Waals surface area contributed by atoms with Crippen molar-refractivity contribution in [3.8, 4) is 0 Å². The lowest BCUT2D eigenvalue weighted by atomic mass is 10.1. The minimum Gasteiger partial charge on any atom is -0.369 e. The molecule has 1 saturated heterocycles. The number of hydrogen-bond donors (Lipinski definition) is 2. The van der Waals surface area contributed by atoms with E-state index in [2.05, 4.69) is 44.4 Å². The number of aromatic amines is 1. The quantitative estimate of drug-likeness (QED) is 0.492. The highest BCUT2D eigenvalue weighted by molar-refractivity contribution is 6.05. The lowest BCUT2D eigenvalue weighted by Gasteiger charge is -2.36. The van der Waals surface area contributed by atoms with E-state index in [1.54, 1.807) is 12.1 Å². The van der Waals surface area contributed by atoms with Crippen LogP contribution in [-0.4, -0.2) is 42.0 Å². The van der Waals surface area contributed by atoms with Crippen molar-refractivity contribution in [1.82, 2.24) is 9.88 Å². The molecule has 2 N–H and O–H groups in total. The predicted octanol–water partition coefficient (Wildman–Crippen LogP) is 4.10. The molecule has 1 aliphatic rings. The topological polar surface area (TPSA) is 68.4 Å². The molecule has 5 rings (SSSR count). The minimum atomic E-state index is -0.413. The maximum absolute atomic E-state index is 12.7. The van der Waals surface area contributed by atoms with Crippen LogP contribution in [0.2, 0.25) is 0 Å². The van der Waals surface area contributed by atoms with E-state index in [-0.39, 0.29) is 11.0 Å². The maximum Gasteiger partial charge on any atom is 0.261 e. The van der Waals surface area contributed by atoms with Gasteiger partial charge in [0.1, 0.15) is 5.56 Å². The molecule has 2 heterocycles. The van der Waals surface area contributed by atoms with Gasteiger partial charge in [0.25, 0.3) is 5.91 Å². The number of hydrogen-bond acceptors (Lipinski definition) is 4. The van der Waals surface area contributed by atoms with Crippen molar-refractivity contribution < 1.29 is 4.79 Å². The van der Waals surface area contributed by atoms with Gasteiger partial charge in [0.15, 0.2) is 0 Å². The summed E-state index contributed by atoms with van der Waals surface area (Å²) in [4.78, 5) is 33.2. The van der Waals surface area contributed by atoms with Crippen LogP contribution in [0.15, 0.2) is 89.9 Å². The minimum absolute atomic E-state index is 0.104. The highest BCUT2D eigenvalue weighted by Gasteiger charge is 2.18. The van der Waals surface area contributed by atoms with E-state index < -0.39 is 5.91 Å². The number of fused-ring (bicyclic) bond motifs is 1. The molecule has 0 aliphatic carbocycles. The van der Waals surface area contributed by atoms with Gasteiger partial charge in [0.2, 0.25) is 5.43 Å². The van der Waals surface area contributed by atoms with E-state index in [0.29, 0.717) is 16.6 Å². The number of anilines is 2. The summed E-state index contributed by atoms with van der Waals surface area (Å²) in [6, 6.07) is 25.6. The maximum atomic E-state index is 12.7. The van der Waals surface area contributed by atoms with E-state index in [1.807, 2.05) is 42.5 Å². The summed E-state index contributed by atoms with van der Waals surface area (Å²) < 4.78 is 0. The summed E-state index contributed by atoms with van der Waals surface area (Å²) in [5.74, 6) is -0.413. The largest absolute Gasteiger partial charge is 0.369 e. The van der Waals surface area contributed by atoms with Crippen molar-refractivity contribution in [2.24, 2.45) is 0 Å². The lowest BCUT2D eigenvalue weighted by molar-refractivity contribution is 0.102. The third kappa shape index (κ3) is 4.66. The smallest absolute Gasteiger partial charge is 0.261 e. The normalized spacial score (nSPS) is 14.4. The second kappa shape index (κ2) is 9.30. The number of H-pyrrole nitrogens is 1. The predicted molar refractivity (Wildman–Crippen MR) is 133 cm³/mol.